The zero-order valence-electron chi connectivity index (χ0n) is 15.8. The van der Waals surface area contributed by atoms with Crippen LogP contribution in [0.1, 0.15) is 72.6 Å². The summed E-state index contributed by atoms with van der Waals surface area (Å²) >= 11 is 0. The molecule has 0 saturated carbocycles. The molecule has 0 radical (unpaired) electrons. The number of unbranched alkanes of at least 4 members (excludes halogenated alkanes) is 9. The number of hydrogen-bond acceptors (Lipinski definition) is 3. The summed E-state index contributed by atoms with van der Waals surface area (Å²) in [6, 6.07) is 8.33. The fourth-order valence-corrected chi connectivity index (χ4v) is 3.38. The van der Waals surface area contributed by atoms with Crippen molar-refractivity contribution in [3.05, 3.63) is 30.3 Å². The number of rotatable bonds is 13. The van der Waals surface area contributed by atoms with E-state index < -0.39 is 10.1 Å². The molecule has 5 heteroatoms. The first-order chi connectivity index (χ1) is 10.7. The predicted molar refractivity (Wildman–Crippen MR) is 92.5 cm³/mol. The summed E-state index contributed by atoms with van der Waals surface area (Å²) in [7, 11) is -3.57. The Morgan fingerprint density at radius 1 is 0.826 bits per heavy atom. The molecular weight excluding hydrogens is 382 g/mol. The summed E-state index contributed by atoms with van der Waals surface area (Å²) in [5, 5.41) is 0. The van der Waals surface area contributed by atoms with Crippen molar-refractivity contribution in [1.82, 2.24) is 0 Å². The zero-order chi connectivity index (χ0) is 16.1. The smallest absolute Gasteiger partial charge is 1.00 e. The van der Waals surface area contributed by atoms with Gasteiger partial charge in [0, 0.05) is 0 Å². The molecule has 3 nitrogen and oxygen atoms in total. The molecule has 0 saturated heterocycles. The third-order valence-corrected chi connectivity index (χ3v) is 5.09. The zero-order valence-corrected chi connectivity index (χ0v) is 20.5. The SMILES string of the molecule is CCCCCCCCCCCCOS(=O)(=O)c1ccccc1.[H-].[Rb+]. The van der Waals surface area contributed by atoms with Crippen LogP contribution in [0.2, 0.25) is 0 Å². The predicted octanol–water partition coefficient (Wildman–Crippen LogP) is 2.43. The Balaban J connectivity index is 0. The van der Waals surface area contributed by atoms with Gasteiger partial charge in [-0.25, -0.2) is 0 Å². The van der Waals surface area contributed by atoms with Crippen molar-refractivity contribution < 1.29 is 72.2 Å². The van der Waals surface area contributed by atoms with E-state index in [1.165, 1.54) is 51.4 Å². The van der Waals surface area contributed by atoms with Crippen molar-refractivity contribution >= 4 is 10.1 Å². The van der Waals surface area contributed by atoms with Gasteiger partial charge < -0.3 is 1.43 Å². The van der Waals surface area contributed by atoms with E-state index in [9.17, 15) is 8.42 Å². The first-order valence-electron chi connectivity index (χ1n) is 8.61. The van der Waals surface area contributed by atoms with Crippen LogP contribution in [0.3, 0.4) is 0 Å². The molecule has 128 valence electrons. The first kappa shape index (κ1) is 23.9. The summed E-state index contributed by atoms with van der Waals surface area (Å²) in [6.07, 6.45) is 12.3. The molecule has 1 rings (SSSR count). The molecular formula is C18H31O3RbS. The molecule has 0 bridgehead atoms. The minimum Gasteiger partial charge on any atom is -1.00 e. The molecule has 0 amide bonds. The summed E-state index contributed by atoms with van der Waals surface area (Å²) in [5.41, 5.74) is 0. The molecule has 0 atom stereocenters. The standard InChI is InChI=1S/C18H30O3S.Rb.H/c1-2-3-4-5-6-7-8-9-10-14-17-21-22(19,20)18-15-12-11-13-16-18;;/h11-13,15-16H,2-10,14,17H2,1H3;;/q;+1;-1. The van der Waals surface area contributed by atoms with Gasteiger partial charge in [0.25, 0.3) is 10.1 Å². The van der Waals surface area contributed by atoms with Crippen molar-refractivity contribution in [3.63, 3.8) is 0 Å². The van der Waals surface area contributed by atoms with Crippen LogP contribution in [-0.4, -0.2) is 15.0 Å². The Morgan fingerprint density at radius 2 is 1.30 bits per heavy atom. The Hall–Kier alpha value is 0.935. The van der Waals surface area contributed by atoms with Gasteiger partial charge in [-0.2, -0.15) is 8.42 Å². The first-order valence-corrected chi connectivity index (χ1v) is 10.0. The molecule has 1 aromatic rings. The molecule has 0 heterocycles. The molecule has 0 unspecified atom stereocenters. The normalized spacial score (nSPS) is 11.2. The van der Waals surface area contributed by atoms with Crippen molar-refractivity contribution in [2.75, 3.05) is 6.61 Å². The summed E-state index contributed by atoms with van der Waals surface area (Å²) in [4.78, 5) is 0.238. The van der Waals surface area contributed by atoms with Gasteiger partial charge in [-0.1, -0.05) is 82.9 Å². The van der Waals surface area contributed by atoms with Crippen molar-refractivity contribution in [2.45, 2.75) is 76.0 Å². The maximum Gasteiger partial charge on any atom is 1.00 e. The molecule has 0 fully saturated rings. The van der Waals surface area contributed by atoms with E-state index >= 15 is 0 Å². The third kappa shape index (κ3) is 12.0. The molecule has 0 aliphatic rings. The van der Waals surface area contributed by atoms with Crippen LogP contribution in [0.5, 0.6) is 0 Å². The fourth-order valence-electron chi connectivity index (χ4n) is 2.41. The molecule has 0 spiro atoms. The molecule has 1 aromatic carbocycles. The van der Waals surface area contributed by atoms with E-state index in [2.05, 4.69) is 6.92 Å². The summed E-state index contributed by atoms with van der Waals surface area (Å²) in [5.74, 6) is 0. The quantitative estimate of drug-likeness (QED) is 0.369. The summed E-state index contributed by atoms with van der Waals surface area (Å²) < 4.78 is 28.8. The second kappa shape index (κ2) is 15.2. The minimum absolute atomic E-state index is 0. The van der Waals surface area contributed by atoms with Gasteiger partial charge in [0.15, 0.2) is 0 Å². The third-order valence-electron chi connectivity index (χ3n) is 3.77. The molecule has 0 aromatic heterocycles. The molecule has 0 aliphatic carbocycles. The van der Waals surface area contributed by atoms with Gasteiger partial charge >= 0.3 is 58.2 Å². The Kier molecular flexibility index (Phi) is 15.8. The van der Waals surface area contributed by atoms with E-state index in [-0.39, 0.29) is 71.1 Å². The largest absolute Gasteiger partial charge is 1.00 e. The van der Waals surface area contributed by atoms with E-state index in [4.69, 9.17) is 4.18 Å². The van der Waals surface area contributed by atoms with Gasteiger partial charge in [-0.05, 0) is 18.6 Å². The van der Waals surface area contributed by atoms with E-state index in [0.717, 1.165) is 12.8 Å². The average molecular weight is 413 g/mol. The average Bonchev–Trinajstić information content (AvgIpc) is 2.53. The van der Waals surface area contributed by atoms with Gasteiger partial charge in [0.1, 0.15) is 0 Å². The van der Waals surface area contributed by atoms with Crippen LogP contribution >= 0.6 is 0 Å². The van der Waals surface area contributed by atoms with Gasteiger partial charge in [0.05, 0.1) is 11.5 Å². The van der Waals surface area contributed by atoms with Crippen LogP contribution in [0.25, 0.3) is 0 Å². The maximum atomic E-state index is 11.9. The van der Waals surface area contributed by atoms with Crippen LogP contribution in [0.15, 0.2) is 35.2 Å². The second-order valence-corrected chi connectivity index (χ2v) is 7.39. The number of benzene rings is 1. The van der Waals surface area contributed by atoms with Gasteiger partial charge in [0.2, 0.25) is 0 Å². The fraction of sp³-hybridized carbons (Fsp3) is 0.667. The van der Waals surface area contributed by atoms with E-state index in [0.29, 0.717) is 0 Å². The number of hydrogen-bond donors (Lipinski definition) is 0. The van der Waals surface area contributed by atoms with Crippen LogP contribution in [0, 0.1) is 0 Å². The van der Waals surface area contributed by atoms with Crippen molar-refractivity contribution in [3.8, 4) is 0 Å². The minimum atomic E-state index is -3.57. The maximum absolute atomic E-state index is 11.9. The van der Waals surface area contributed by atoms with Gasteiger partial charge in [-0.15, -0.1) is 0 Å². The molecule has 0 aliphatic heterocycles. The van der Waals surface area contributed by atoms with Gasteiger partial charge in [-0.3, -0.25) is 4.18 Å². The Morgan fingerprint density at radius 3 is 1.83 bits per heavy atom. The molecule has 23 heavy (non-hydrogen) atoms. The van der Waals surface area contributed by atoms with E-state index in [1.807, 2.05) is 0 Å². The second-order valence-electron chi connectivity index (χ2n) is 5.77. The van der Waals surface area contributed by atoms with Crippen molar-refractivity contribution in [1.29, 1.82) is 0 Å². The van der Waals surface area contributed by atoms with E-state index in [1.54, 1.807) is 30.3 Å². The Bertz CT molecular complexity index is 480. The van der Waals surface area contributed by atoms with Crippen LogP contribution in [0.4, 0.5) is 0 Å². The monoisotopic (exact) mass is 412 g/mol. The van der Waals surface area contributed by atoms with Crippen LogP contribution < -0.4 is 58.2 Å². The Labute approximate surface area is 193 Å². The van der Waals surface area contributed by atoms with Crippen molar-refractivity contribution in [2.24, 2.45) is 0 Å². The molecule has 0 N–H and O–H groups in total. The van der Waals surface area contributed by atoms with Crippen LogP contribution in [-0.2, 0) is 14.3 Å². The summed E-state index contributed by atoms with van der Waals surface area (Å²) in [6.45, 7) is 2.52. The topological polar surface area (TPSA) is 43.4 Å².